The number of esters is 1. The Hall–Kier alpha value is -2.62. The van der Waals surface area contributed by atoms with Crippen LogP contribution in [0.4, 0.5) is 0 Å². The van der Waals surface area contributed by atoms with Gasteiger partial charge in [0.25, 0.3) is 5.91 Å². The molecule has 22 heavy (non-hydrogen) atoms. The second kappa shape index (κ2) is 7.41. The first-order valence-electron chi connectivity index (χ1n) is 7.18. The number of hydrogen-bond donors (Lipinski definition) is 1. The molecule has 0 heterocycles. The van der Waals surface area contributed by atoms with Gasteiger partial charge in [0.1, 0.15) is 5.75 Å². The molecule has 0 fully saturated rings. The van der Waals surface area contributed by atoms with Crippen LogP contribution in [0.5, 0.6) is 5.75 Å². The topological polar surface area (TPSA) is 55.4 Å². The van der Waals surface area contributed by atoms with Crippen LogP contribution in [0.2, 0.25) is 0 Å². The van der Waals surface area contributed by atoms with Crippen molar-refractivity contribution < 1.29 is 14.3 Å². The third kappa shape index (κ3) is 4.45. The zero-order valence-electron chi connectivity index (χ0n) is 12.7. The number of para-hydroxylation sites is 1. The van der Waals surface area contributed by atoms with Gasteiger partial charge in [0.15, 0.2) is 0 Å². The van der Waals surface area contributed by atoms with Gasteiger partial charge >= 0.3 is 5.97 Å². The summed E-state index contributed by atoms with van der Waals surface area (Å²) in [5.41, 5.74) is 1.47. The minimum atomic E-state index is -0.366. The Morgan fingerprint density at radius 1 is 1.05 bits per heavy atom. The summed E-state index contributed by atoms with van der Waals surface area (Å²) in [4.78, 5) is 23.9. The number of carbonyl (C=O) groups excluding carboxylic acids is 2. The second-order valence-corrected chi connectivity index (χ2v) is 5.18. The summed E-state index contributed by atoms with van der Waals surface area (Å²) in [7, 11) is 0. The maximum absolute atomic E-state index is 12.0. The van der Waals surface area contributed by atoms with Gasteiger partial charge in [0, 0.05) is 11.6 Å². The van der Waals surface area contributed by atoms with E-state index < -0.39 is 0 Å². The second-order valence-electron chi connectivity index (χ2n) is 5.18. The fraction of sp³-hybridized carbons (Fsp3) is 0.222. The lowest BCUT2D eigenvalue weighted by Gasteiger charge is -2.14. The van der Waals surface area contributed by atoms with Crippen LogP contribution in [0.15, 0.2) is 54.6 Å². The van der Waals surface area contributed by atoms with Crippen molar-refractivity contribution >= 4 is 11.9 Å². The predicted molar refractivity (Wildman–Crippen MR) is 84.8 cm³/mol. The first-order chi connectivity index (χ1) is 10.6. The first kappa shape index (κ1) is 15.8. The third-order valence-electron chi connectivity index (χ3n) is 3.20. The Bertz CT molecular complexity index is 652. The summed E-state index contributed by atoms with van der Waals surface area (Å²) in [6, 6.07) is 15.9. The van der Waals surface area contributed by atoms with Gasteiger partial charge in [-0.15, -0.1) is 0 Å². The molecule has 114 valence electrons. The molecule has 1 N–H and O–H groups in total. The summed E-state index contributed by atoms with van der Waals surface area (Å²) in [5.74, 6) is -0.0129. The molecule has 0 bridgehead atoms. The largest absolute Gasteiger partial charge is 0.426 e. The van der Waals surface area contributed by atoms with E-state index in [9.17, 15) is 9.59 Å². The average molecular weight is 297 g/mol. The fourth-order valence-corrected chi connectivity index (χ4v) is 2.03. The van der Waals surface area contributed by atoms with Gasteiger partial charge in [-0.2, -0.15) is 0 Å². The Morgan fingerprint density at radius 2 is 1.68 bits per heavy atom. The highest BCUT2D eigenvalue weighted by Gasteiger charge is 2.15. The maximum atomic E-state index is 12.0. The third-order valence-corrected chi connectivity index (χ3v) is 3.20. The van der Waals surface area contributed by atoms with E-state index in [0.717, 1.165) is 5.56 Å². The Kier molecular flexibility index (Phi) is 5.31. The number of ether oxygens (including phenoxy) is 1. The molecule has 0 aliphatic heterocycles. The normalized spacial score (nSPS) is 11.5. The van der Waals surface area contributed by atoms with Gasteiger partial charge in [-0.1, -0.05) is 36.4 Å². The first-order valence-corrected chi connectivity index (χ1v) is 7.18. The molecule has 1 amide bonds. The van der Waals surface area contributed by atoms with E-state index in [-0.39, 0.29) is 24.3 Å². The van der Waals surface area contributed by atoms with Gasteiger partial charge < -0.3 is 10.1 Å². The number of hydrogen-bond acceptors (Lipinski definition) is 3. The number of amides is 1. The van der Waals surface area contributed by atoms with Crippen LogP contribution in [0.25, 0.3) is 0 Å². The monoisotopic (exact) mass is 297 g/mol. The van der Waals surface area contributed by atoms with Crippen LogP contribution in [0, 0.1) is 6.92 Å². The molecule has 0 aliphatic rings. The molecule has 0 spiro atoms. The molecule has 0 radical (unpaired) electrons. The quantitative estimate of drug-likeness (QED) is 0.681. The lowest BCUT2D eigenvalue weighted by atomic mass is 10.2. The van der Waals surface area contributed by atoms with Gasteiger partial charge in [-0.3, -0.25) is 9.59 Å². The van der Waals surface area contributed by atoms with Crippen molar-refractivity contribution in [2.45, 2.75) is 26.3 Å². The minimum Gasteiger partial charge on any atom is -0.426 e. The van der Waals surface area contributed by atoms with Crippen molar-refractivity contribution in [3.63, 3.8) is 0 Å². The van der Waals surface area contributed by atoms with E-state index >= 15 is 0 Å². The average Bonchev–Trinajstić information content (AvgIpc) is 2.50. The highest BCUT2D eigenvalue weighted by atomic mass is 16.5. The van der Waals surface area contributed by atoms with Crippen LogP contribution in [0.3, 0.4) is 0 Å². The summed E-state index contributed by atoms with van der Waals surface area (Å²) in [6.45, 7) is 3.66. The molecular weight excluding hydrogens is 278 g/mol. The molecule has 4 heteroatoms. The van der Waals surface area contributed by atoms with Crippen LogP contribution < -0.4 is 10.1 Å². The zero-order valence-corrected chi connectivity index (χ0v) is 12.7. The molecule has 2 rings (SSSR count). The molecule has 0 saturated heterocycles. The number of rotatable bonds is 5. The van der Waals surface area contributed by atoms with Crippen LogP contribution in [-0.4, -0.2) is 17.9 Å². The molecule has 4 nitrogen and oxygen atoms in total. The maximum Gasteiger partial charge on any atom is 0.313 e. The molecule has 1 atom stereocenters. The predicted octanol–water partition coefficient (Wildman–Crippen LogP) is 3.11. The van der Waals surface area contributed by atoms with Crippen LogP contribution >= 0.6 is 0 Å². The highest BCUT2D eigenvalue weighted by Crippen LogP contribution is 2.17. The summed E-state index contributed by atoms with van der Waals surface area (Å²) in [5, 5.41) is 2.79. The lowest BCUT2D eigenvalue weighted by molar-refractivity contribution is -0.134. The number of benzene rings is 2. The van der Waals surface area contributed by atoms with Crippen molar-refractivity contribution in [1.82, 2.24) is 5.32 Å². The summed E-state index contributed by atoms with van der Waals surface area (Å²) < 4.78 is 5.31. The van der Waals surface area contributed by atoms with Gasteiger partial charge in [-0.25, -0.2) is 0 Å². The van der Waals surface area contributed by atoms with Crippen LogP contribution in [0.1, 0.15) is 29.3 Å². The molecule has 1 unspecified atom stereocenters. The zero-order chi connectivity index (χ0) is 15.9. The van der Waals surface area contributed by atoms with Crippen molar-refractivity contribution in [1.29, 1.82) is 0 Å². The lowest BCUT2D eigenvalue weighted by Crippen LogP contribution is -2.35. The molecule has 0 aromatic heterocycles. The smallest absolute Gasteiger partial charge is 0.313 e. The SMILES string of the molecule is Cc1ccccc1OC(=O)CC(C)NC(=O)c1ccccc1. The Balaban J connectivity index is 1.87. The van der Waals surface area contributed by atoms with E-state index in [1.54, 1.807) is 37.3 Å². The van der Waals surface area contributed by atoms with Gasteiger partial charge in [0.05, 0.1) is 6.42 Å². The standard InChI is InChI=1S/C18H19NO3/c1-13-8-6-7-11-16(13)22-17(20)12-14(2)19-18(21)15-9-4-3-5-10-15/h3-11,14H,12H2,1-2H3,(H,19,21). The van der Waals surface area contributed by atoms with Gasteiger partial charge in [-0.05, 0) is 37.6 Å². The molecule has 0 saturated carbocycles. The number of aryl methyl sites for hydroxylation is 1. The van der Waals surface area contributed by atoms with E-state index in [0.29, 0.717) is 11.3 Å². The molecule has 2 aromatic carbocycles. The van der Waals surface area contributed by atoms with E-state index in [2.05, 4.69) is 5.32 Å². The highest BCUT2D eigenvalue weighted by molar-refractivity contribution is 5.94. The van der Waals surface area contributed by atoms with Gasteiger partial charge in [0.2, 0.25) is 0 Å². The summed E-state index contributed by atoms with van der Waals surface area (Å²) >= 11 is 0. The van der Waals surface area contributed by atoms with E-state index in [4.69, 9.17) is 4.74 Å². The molecule has 0 aliphatic carbocycles. The van der Waals surface area contributed by atoms with Crippen molar-refractivity contribution in [2.75, 3.05) is 0 Å². The van der Waals surface area contributed by atoms with Crippen molar-refractivity contribution in [3.05, 3.63) is 65.7 Å². The van der Waals surface area contributed by atoms with Crippen molar-refractivity contribution in [2.24, 2.45) is 0 Å². The Morgan fingerprint density at radius 3 is 2.36 bits per heavy atom. The minimum absolute atomic E-state index is 0.118. The summed E-state index contributed by atoms with van der Waals surface area (Å²) in [6.07, 6.45) is 0.118. The van der Waals surface area contributed by atoms with E-state index in [1.165, 1.54) is 0 Å². The number of nitrogens with one attached hydrogen (secondary N) is 1. The molecule has 2 aromatic rings. The Labute approximate surface area is 130 Å². The van der Waals surface area contributed by atoms with Crippen molar-refractivity contribution in [3.8, 4) is 5.75 Å². The number of carbonyl (C=O) groups is 2. The fourth-order valence-electron chi connectivity index (χ4n) is 2.03. The molecular formula is C18H19NO3. The van der Waals surface area contributed by atoms with E-state index in [1.807, 2.05) is 31.2 Å². The van der Waals surface area contributed by atoms with Crippen LogP contribution in [-0.2, 0) is 4.79 Å².